The quantitative estimate of drug-likeness (QED) is 0.705. The van der Waals surface area contributed by atoms with E-state index in [1.165, 1.54) is 18.0 Å². The first-order valence-corrected chi connectivity index (χ1v) is 4.47. The lowest BCUT2D eigenvalue weighted by molar-refractivity contribution is -0.116. The maximum atomic E-state index is 11.2. The summed E-state index contributed by atoms with van der Waals surface area (Å²) in [5.41, 5.74) is 0.474. The second kappa shape index (κ2) is 3.30. The molecule has 2 rings (SSSR count). The van der Waals surface area contributed by atoms with Gasteiger partial charge in [0.15, 0.2) is 11.4 Å². The summed E-state index contributed by atoms with van der Waals surface area (Å²) in [7, 11) is 0. The fourth-order valence-electron chi connectivity index (χ4n) is 1.59. The molecule has 1 aromatic rings. The molecule has 1 aliphatic rings. The molecule has 80 valence electrons. The number of aromatic nitrogens is 1. The van der Waals surface area contributed by atoms with Crippen LogP contribution < -0.4 is 9.64 Å². The first-order valence-electron chi connectivity index (χ1n) is 4.47. The summed E-state index contributed by atoms with van der Waals surface area (Å²) in [5.74, 6) is -0.985. The van der Waals surface area contributed by atoms with Crippen molar-refractivity contribution in [1.82, 2.24) is 4.98 Å². The van der Waals surface area contributed by atoms with Crippen LogP contribution in [0, 0.1) is 0 Å². The molecule has 6 nitrogen and oxygen atoms in total. The third-order valence-corrected chi connectivity index (χ3v) is 2.26. The number of anilines is 1. The second-order valence-electron chi connectivity index (χ2n) is 3.20. The minimum Gasteiger partial charge on any atom is -0.487 e. The van der Waals surface area contributed by atoms with E-state index >= 15 is 0 Å². The summed E-state index contributed by atoms with van der Waals surface area (Å²) < 4.78 is 5.23. The van der Waals surface area contributed by atoms with Crippen LogP contribution in [0.2, 0.25) is 0 Å². The molecular weight excluding hydrogens is 200 g/mol. The maximum absolute atomic E-state index is 11.2. The first-order chi connectivity index (χ1) is 7.11. The number of carbonyl (C=O) groups is 2. The number of nitrogens with zero attached hydrogens (tertiary/aromatic N) is 1. The van der Waals surface area contributed by atoms with Gasteiger partial charge in [-0.25, -0.2) is 4.79 Å². The van der Waals surface area contributed by atoms with Gasteiger partial charge in [-0.3, -0.25) is 4.79 Å². The van der Waals surface area contributed by atoms with Crippen molar-refractivity contribution < 1.29 is 19.4 Å². The Morgan fingerprint density at radius 2 is 2.33 bits per heavy atom. The predicted molar refractivity (Wildman–Crippen MR) is 51.3 cm³/mol. The Labute approximate surface area is 85.5 Å². The number of amides is 1. The minimum atomic E-state index is -1.10. The van der Waals surface area contributed by atoms with Crippen molar-refractivity contribution in [3.63, 3.8) is 0 Å². The zero-order chi connectivity index (χ0) is 11.0. The summed E-state index contributed by atoms with van der Waals surface area (Å²) in [6.45, 7) is 2.19. The molecule has 0 fully saturated rings. The van der Waals surface area contributed by atoms with Gasteiger partial charge in [-0.15, -0.1) is 0 Å². The normalized spacial score (nSPS) is 14.3. The fourth-order valence-corrected chi connectivity index (χ4v) is 1.59. The van der Waals surface area contributed by atoms with Crippen LogP contribution in [0.3, 0.4) is 0 Å². The van der Waals surface area contributed by atoms with Gasteiger partial charge in [0.1, 0.15) is 12.3 Å². The molecule has 2 N–H and O–H groups in total. The molecule has 0 aliphatic carbocycles. The van der Waals surface area contributed by atoms with Crippen molar-refractivity contribution in [3.05, 3.63) is 11.9 Å². The van der Waals surface area contributed by atoms with Gasteiger partial charge < -0.3 is 19.7 Å². The smallest absolute Gasteiger partial charge is 0.356 e. The van der Waals surface area contributed by atoms with Crippen LogP contribution in [-0.4, -0.2) is 35.1 Å². The molecule has 6 heteroatoms. The monoisotopic (exact) mass is 210 g/mol. The number of aromatic carboxylic acids is 1. The van der Waals surface area contributed by atoms with E-state index in [0.29, 0.717) is 18.8 Å². The van der Waals surface area contributed by atoms with Gasteiger partial charge in [-0.05, 0) is 0 Å². The van der Waals surface area contributed by atoms with Crippen LogP contribution in [-0.2, 0) is 4.79 Å². The zero-order valence-corrected chi connectivity index (χ0v) is 8.11. The molecule has 0 saturated heterocycles. The van der Waals surface area contributed by atoms with E-state index in [-0.39, 0.29) is 17.4 Å². The highest BCUT2D eigenvalue weighted by Gasteiger charge is 2.27. The highest BCUT2D eigenvalue weighted by atomic mass is 16.5. The Morgan fingerprint density at radius 3 is 2.93 bits per heavy atom. The van der Waals surface area contributed by atoms with E-state index in [9.17, 15) is 9.59 Å². The molecule has 15 heavy (non-hydrogen) atoms. The van der Waals surface area contributed by atoms with E-state index in [2.05, 4.69) is 4.98 Å². The third kappa shape index (κ3) is 1.43. The second-order valence-corrected chi connectivity index (χ2v) is 3.20. The van der Waals surface area contributed by atoms with Crippen LogP contribution in [0.1, 0.15) is 17.4 Å². The van der Waals surface area contributed by atoms with Gasteiger partial charge in [-0.1, -0.05) is 0 Å². The number of hydrogen-bond acceptors (Lipinski definition) is 3. The van der Waals surface area contributed by atoms with Crippen LogP contribution >= 0.6 is 0 Å². The van der Waals surface area contributed by atoms with Gasteiger partial charge >= 0.3 is 5.97 Å². The highest BCUT2D eigenvalue weighted by molar-refractivity contribution is 5.98. The molecule has 0 spiro atoms. The fraction of sp³-hybridized carbons (Fsp3) is 0.333. The first kappa shape index (κ1) is 9.57. The van der Waals surface area contributed by atoms with Gasteiger partial charge in [-0.2, -0.15) is 0 Å². The third-order valence-electron chi connectivity index (χ3n) is 2.26. The van der Waals surface area contributed by atoms with E-state index in [1.54, 1.807) is 0 Å². The Hall–Kier alpha value is -1.98. The molecule has 0 bridgehead atoms. The van der Waals surface area contributed by atoms with E-state index in [0.717, 1.165) is 0 Å². The predicted octanol–water partition coefficient (Wildman–Crippen LogP) is 0.458. The Bertz CT molecular complexity index is 424. The number of carbonyl (C=O) groups excluding carboxylic acids is 1. The summed E-state index contributed by atoms with van der Waals surface area (Å²) in [6.07, 6.45) is 1.47. The largest absolute Gasteiger partial charge is 0.487 e. The van der Waals surface area contributed by atoms with Crippen molar-refractivity contribution in [2.75, 3.05) is 18.1 Å². The number of hydrogen-bond donors (Lipinski definition) is 2. The van der Waals surface area contributed by atoms with Gasteiger partial charge in [0.25, 0.3) is 0 Å². The molecule has 1 aromatic heterocycles. The van der Waals surface area contributed by atoms with Crippen molar-refractivity contribution in [2.45, 2.75) is 6.92 Å². The molecule has 0 radical (unpaired) electrons. The summed E-state index contributed by atoms with van der Waals surface area (Å²) in [6, 6.07) is 0. The lowest BCUT2D eigenvalue weighted by Crippen LogP contribution is -2.36. The number of ether oxygens (including phenoxy) is 1. The van der Waals surface area contributed by atoms with Crippen molar-refractivity contribution in [3.8, 4) is 5.75 Å². The SMILES string of the molecule is CC(=O)N1CCOc2c1c[nH]c2C(=O)O. The molecule has 0 saturated carbocycles. The van der Waals surface area contributed by atoms with Crippen LogP contribution in [0.25, 0.3) is 0 Å². The molecule has 1 aliphatic heterocycles. The Morgan fingerprint density at radius 1 is 1.60 bits per heavy atom. The van der Waals surface area contributed by atoms with Gasteiger partial charge in [0, 0.05) is 13.1 Å². The van der Waals surface area contributed by atoms with E-state index in [4.69, 9.17) is 9.84 Å². The van der Waals surface area contributed by atoms with Crippen molar-refractivity contribution in [1.29, 1.82) is 0 Å². The van der Waals surface area contributed by atoms with E-state index < -0.39 is 5.97 Å². The topological polar surface area (TPSA) is 82.6 Å². The molecule has 0 atom stereocenters. The summed E-state index contributed by atoms with van der Waals surface area (Å²) in [4.78, 5) is 26.1. The van der Waals surface area contributed by atoms with Crippen molar-refractivity contribution in [2.24, 2.45) is 0 Å². The number of fused-ring (bicyclic) bond motifs is 1. The average Bonchev–Trinajstić information content (AvgIpc) is 2.59. The van der Waals surface area contributed by atoms with Gasteiger partial charge in [0.2, 0.25) is 5.91 Å². The Balaban J connectivity index is 2.46. The van der Waals surface area contributed by atoms with Crippen LogP contribution in [0.4, 0.5) is 5.69 Å². The Kier molecular flexibility index (Phi) is 2.11. The van der Waals surface area contributed by atoms with Crippen LogP contribution in [0.5, 0.6) is 5.75 Å². The number of H-pyrrole nitrogens is 1. The summed E-state index contributed by atoms with van der Waals surface area (Å²) in [5, 5.41) is 8.84. The zero-order valence-electron chi connectivity index (χ0n) is 8.11. The lowest BCUT2D eigenvalue weighted by Gasteiger charge is -2.26. The average molecular weight is 210 g/mol. The summed E-state index contributed by atoms with van der Waals surface area (Å²) >= 11 is 0. The standard InChI is InChI=1S/C9H10N2O4/c1-5(12)11-2-3-15-8-6(11)4-10-7(8)9(13)14/h4,10H,2-3H2,1H3,(H,13,14). The molecule has 2 heterocycles. The molecule has 1 amide bonds. The molecule has 0 unspecified atom stereocenters. The number of rotatable bonds is 1. The molecular formula is C9H10N2O4. The minimum absolute atomic E-state index is 0.0176. The van der Waals surface area contributed by atoms with Crippen molar-refractivity contribution >= 4 is 17.6 Å². The van der Waals surface area contributed by atoms with Gasteiger partial charge in [0.05, 0.1) is 6.54 Å². The number of carboxylic acids is 1. The maximum Gasteiger partial charge on any atom is 0.356 e. The lowest BCUT2D eigenvalue weighted by atomic mass is 10.3. The number of aromatic amines is 1. The number of nitrogens with one attached hydrogen (secondary N) is 1. The highest BCUT2D eigenvalue weighted by Crippen LogP contribution is 2.34. The molecule has 0 aromatic carbocycles. The van der Waals surface area contributed by atoms with Crippen LogP contribution in [0.15, 0.2) is 6.20 Å². The number of carboxylic acid groups (broad SMARTS) is 1. The van der Waals surface area contributed by atoms with E-state index in [1.807, 2.05) is 0 Å².